The second-order valence-electron chi connectivity index (χ2n) is 3.28. The molecule has 1 aliphatic rings. The lowest BCUT2D eigenvalue weighted by Gasteiger charge is -2.11. The van der Waals surface area contributed by atoms with Crippen LogP contribution in [0.1, 0.15) is 22.7 Å². The van der Waals surface area contributed by atoms with Crippen LogP contribution in [0, 0.1) is 6.92 Å². The highest BCUT2D eigenvalue weighted by Crippen LogP contribution is 2.13. The first-order valence-corrected chi connectivity index (χ1v) is 4.39. The van der Waals surface area contributed by atoms with Crippen LogP contribution in [0.4, 0.5) is 0 Å². The van der Waals surface area contributed by atoms with E-state index < -0.39 is 0 Å². The van der Waals surface area contributed by atoms with Gasteiger partial charge in [0.2, 0.25) is 5.76 Å². The molecule has 2 rings (SSSR count). The van der Waals surface area contributed by atoms with Crippen LogP contribution in [0.15, 0.2) is 10.8 Å². The third-order valence-corrected chi connectivity index (χ3v) is 2.25. The van der Waals surface area contributed by atoms with Gasteiger partial charge in [0.25, 0.3) is 5.91 Å². The third-order valence-electron chi connectivity index (χ3n) is 2.25. The van der Waals surface area contributed by atoms with Gasteiger partial charge in [-0.3, -0.25) is 9.59 Å². The highest BCUT2D eigenvalue weighted by atomic mass is 16.3. The average Bonchev–Trinajstić information content (AvgIpc) is 2.73. The number of Topliss-reactive ketones (excluding diaryl/α,β-unsaturated/α-hetero) is 1. The summed E-state index contributed by atoms with van der Waals surface area (Å²) < 4.78 is 4.96. The minimum Gasteiger partial charge on any atom is -0.438 e. The number of aryl methyl sites for hydroxylation is 1. The van der Waals surface area contributed by atoms with E-state index >= 15 is 0 Å². The molecule has 0 bridgehead atoms. The van der Waals surface area contributed by atoms with Gasteiger partial charge in [-0.1, -0.05) is 0 Å². The number of carbonyl (C=O) groups excluding carboxylic acids is 2. The first kappa shape index (κ1) is 8.93. The monoisotopic (exact) mass is 194 g/mol. The fourth-order valence-electron chi connectivity index (χ4n) is 1.45. The maximum Gasteiger partial charge on any atom is 0.291 e. The van der Waals surface area contributed by atoms with E-state index in [4.69, 9.17) is 4.42 Å². The van der Waals surface area contributed by atoms with Gasteiger partial charge in [0.15, 0.2) is 12.2 Å². The van der Waals surface area contributed by atoms with E-state index in [1.165, 1.54) is 11.3 Å². The van der Waals surface area contributed by atoms with Gasteiger partial charge in [0.05, 0.1) is 12.2 Å². The minimum atomic E-state index is -0.245. The number of rotatable bonds is 1. The smallest absolute Gasteiger partial charge is 0.291 e. The van der Waals surface area contributed by atoms with E-state index in [1.54, 1.807) is 6.92 Å². The number of amides is 1. The summed E-state index contributed by atoms with van der Waals surface area (Å²) in [5, 5.41) is 0. The van der Waals surface area contributed by atoms with Gasteiger partial charge in [-0.25, -0.2) is 4.98 Å². The number of hydrogen-bond acceptors (Lipinski definition) is 4. The van der Waals surface area contributed by atoms with Crippen molar-refractivity contribution < 1.29 is 14.0 Å². The molecule has 0 radical (unpaired) electrons. The topological polar surface area (TPSA) is 63.4 Å². The summed E-state index contributed by atoms with van der Waals surface area (Å²) in [6, 6.07) is 0. The largest absolute Gasteiger partial charge is 0.438 e. The van der Waals surface area contributed by atoms with Crippen LogP contribution in [-0.2, 0) is 4.79 Å². The lowest BCUT2D eigenvalue weighted by atomic mass is 10.3. The molecule has 0 atom stereocenters. The predicted octanol–water partition coefficient (Wildman–Crippen LogP) is 0.398. The molecular formula is C9H10N2O3. The average molecular weight is 194 g/mol. The Morgan fingerprint density at radius 2 is 2.43 bits per heavy atom. The second-order valence-corrected chi connectivity index (χ2v) is 3.28. The van der Waals surface area contributed by atoms with Crippen molar-refractivity contribution in [3.63, 3.8) is 0 Å². The summed E-state index contributed by atoms with van der Waals surface area (Å²) in [4.78, 5) is 28.0. The summed E-state index contributed by atoms with van der Waals surface area (Å²) in [6.07, 6.45) is 1.68. The Labute approximate surface area is 80.7 Å². The van der Waals surface area contributed by atoms with Gasteiger partial charge in [-0.15, -0.1) is 0 Å². The normalized spacial score (nSPS) is 16.4. The molecule has 1 aromatic heterocycles. The molecule has 1 fully saturated rings. The SMILES string of the molecule is Cc1ncoc1C(=O)N1CCC(=O)C1. The molecule has 1 aromatic rings. The molecule has 74 valence electrons. The van der Waals surface area contributed by atoms with Crippen LogP contribution >= 0.6 is 0 Å². The first-order valence-electron chi connectivity index (χ1n) is 4.39. The zero-order chi connectivity index (χ0) is 10.1. The summed E-state index contributed by atoms with van der Waals surface area (Å²) in [6.45, 7) is 2.38. The molecule has 0 aromatic carbocycles. The standard InChI is InChI=1S/C9H10N2O3/c1-6-8(14-5-10-6)9(13)11-3-2-7(12)4-11/h5H,2-4H2,1H3. The van der Waals surface area contributed by atoms with Crippen LogP contribution in [0.2, 0.25) is 0 Å². The van der Waals surface area contributed by atoms with Gasteiger partial charge in [-0.2, -0.15) is 0 Å². The van der Waals surface area contributed by atoms with Gasteiger partial charge in [0, 0.05) is 13.0 Å². The van der Waals surface area contributed by atoms with E-state index in [9.17, 15) is 9.59 Å². The van der Waals surface area contributed by atoms with E-state index in [1.807, 2.05) is 0 Å². The zero-order valence-corrected chi connectivity index (χ0v) is 7.82. The lowest BCUT2D eigenvalue weighted by molar-refractivity contribution is -0.116. The van der Waals surface area contributed by atoms with Gasteiger partial charge >= 0.3 is 0 Å². The highest BCUT2D eigenvalue weighted by molar-refractivity contribution is 5.97. The van der Waals surface area contributed by atoms with Crippen molar-refractivity contribution in [3.8, 4) is 0 Å². The van der Waals surface area contributed by atoms with E-state index in [2.05, 4.69) is 4.98 Å². The van der Waals surface area contributed by atoms with Crippen LogP contribution in [0.25, 0.3) is 0 Å². The van der Waals surface area contributed by atoms with Crippen molar-refractivity contribution in [2.75, 3.05) is 13.1 Å². The fourth-order valence-corrected chi connectivity index (χ4v) is 1.45. The van der Waals surface area contributed by atoms with Crippen LogP contribution in [0.3, 0.4) is 0 Å². The zero-order valence-electron chi connectivity index (χ0n) is 7.82. The quantitative estimate of drug-likeness (QED) is 0.649. The van der Waals surface area contributed by atoms with Crippen molar-refractivity contribution >= 4 is 11.7 Å². The number of aromatic nitrogens is 1. The molecule has 2 heterocycles. The van der Waals surface area contributed by atoms with Crippen LogP contribution in [-0.4, -0.2) is 34.7 Å². The Bertz CT molecular complexity index is 383. The van der Waals surface area contributed by atoms with E-state index in [0.717, 1.165) is 0 Å². The second kappa shape index (κ2) is 3.25. The van der Waals surface area contributed by atoms with Gasteiger partial charge in [-0.05, 0) is 6.92 Å². The molecule has 5 heteroatoms. The van der Waals surface area contributed by atoms with Gasteiger partial charge < -0.3 is 9.32 Å². The lowest BCUT2D eigenvalue weighted by Crippen LogP contribution is -2.28. The number of hydrogen-bond donors (Lipinski definition) is 0. The molecule has 1 aliphatic heterocycles. The Balaban J connectivity index is 2.17. The first-order chi connectivity index (χ1) is 6.68. The molecule has 1 amide bonds. The number of nitrogens with zero attached hydrogens (tertiary/aromatic N) is 2. The van der Waals surface area contributed by atoms with Crippen molar-refractivity contribution in [2.45, 2.75) is 13.3 Å². The van der Waals surface area contributed by atoms with Crippen LogP contribution < -0.4 is 0 Å². The number of ketones is 1. The van der Waals surface area contributed by atoms with Crippen molar-refractivity contribution in [1.29, 1.82) is 0 Å². The summed E-state index contributed by atoms with van der Waals surface area (Å²) in [5.41, 5.74) is 0.564. The maximum absolute atomic E-state index is 11.7. The van der Waals surface area contributed by atoms with Gasteiger partial charge in [0.1, 0.15) is 0 Å². The molecule has 0 N–H and O–H groups in total. The number of carbonyl (C=O) groups is 2. The number of likely N-dealkylation sites (tertiary alicyclic amines) is 1. The number of oxazole rings is 1. The summed E-state index contributed by atoms with van der Waals surface area (Å²) >= 11 is 0. The third kappa shape index (κ3) is 1.41. The molecule has 0 unspecified atom stereocenters. The maximum atomic E-state index is 11.7. The molecule has 0 saturated carbocycles. The Hall–Kier alpha value is -1.65. The molecular weight excluding hydrogens is 184 g/mol. The van der Waals surface area contributed by atoms with E-state index in [0.29, 0.717) is 18.7 Å². The summed E-state index contributed by atoms with van der Waals surface area (Å²) in [7, 11) is 0. The Kier molecular flexibility index (Phi) is 2.07. The Morgan fingerprint density at radius 3 is 2.93 bits per heavy atom. The van der Waals surface area contributed by atoms with Crippen molar-refractivity contribution in [1.82, 2.24) is 9.88 Å². The molecule has 14 heavy (non-hydrogen) atoms. The summed E-state index contributed by atoms with van der Waals surface area (Å²) in [5.74, 6) is 0.0843. The molecule has 1 saturated heterocycles. The fraction of sp³-hybridized carbons (Fsp3) is 0.444. The van der Waals surface area contributed by atoms with Crippen molar-refractivity contribution in [3.05, 3.63) is 17.8 Å². The van der Waals surface area contributed by atoms with E-state index in [-0.39, 0.29) is 24.0 Å². The minimum absolute atomic E-state index is 0.0931. The molecule has 0 spiro atoms. The predicted molar refractivity (Wildman–Crippen MR) is 46.8 cm³/mol. The molecule has 5 nitrogen and oxygen atoms in total. The van der Waals surface area contributed by atoms with Crippen molar-refractivity contribution in [2.24, 2.45) is 0 Å². The molecule has 0 aliphatic carbocycles. The highest BCUT2D eigenvalue weighted by Gasteiger charge is 2.27. The van der Waals surface area contributed by atoms with Crippen LogP contribution in [0.5, 0.6) is 0 Å². The Morgan fingerprint density at radius 1 is 1.64 bits per heavy atom.